The third kappa shape index (κ3) is 5.42. The molecule has 8 heteroatoms. The van der Waals surface area contributed by atoms with Crippen molar-refractivity contribution in [1.82, 2.24) is 10.2 Å². The van der Waals surface area contributed by atoms with Crippen LogP contribution in [0, 0.1) is 0 Å². The number of rotatable bonds is 7. The number of para-hydroxylation sites is 1. The van der Waals surface area contributed by atoms with Crippen molar-refractivity contribution in [1.29, 1.82) is 0 Å². The maximum absolute atomic E-state index is 6.22. The first-order chi connectivity index (χ1) is 14.2. The minimum absolute atomic E-state index is 0.638. The summed E-state index contributed by atoms with van der Waals surface area (Å²) in [7, 11) is 0. The molecule has 0 aliphatic heterocycles. The molecular formula is C21H15Cl2N3OS2. The summed E-state index contributed by atoms with van der Waals surface area (Å²) in [5.74, 6) is 2.21. The van der Waals surface area contributed by atoms with Crippen molar-refractivity contribution < 1.29 is 4.74 Å². The van der Waals surface area contributed by atoms with Crippen LogP contribution in [0.2, 0.25) is 10.0 Å². The van der Waals surface area contributed by atoms with Crippen molar-refractivity contribution in [2.24, 2.45) is 0 Å². The van der Waals surface area contributed by atoms with Gasteiger partial charge in [-0.05, 0) is 54.1 Å². The highest BCUT2D eigenvalue weighted by atomic mass is 35.5. The smallest absolute Gasteiger partial charge is 0.210 e. The molecule has 4 aromatic rings. The van der Waals surface area contributed by atoms with Crippen LogP contribution < -0.4 is 10.1 Å². The molecule has 0 saturated heterocycles. The van der Waals surface area contributed by atoms with Gasteiger partial charge in [0.2, 0.25) is 5.13 Å². The van der Waals surface area contributed by atoms with Gasteiger partial charge in [0.1, 0.15) is 11.5 Å². The van der Waals surface area contributed by atoms with Crippen molar-refractivity contribution >= 4 is 57.1 Å². The maximum atomic E-state index is 6.22. The number of hydrogen-bond acceptors (Lipinski definition) is 6. The van der Waals surface area contributed by atoms with Gasteiger partial charge < -0.3 is 10.1 Å². The molecular weight excluding hydrogens is 445 g/mol. The maximum Gasteiger partial charge on any atom is 0.210 e. The SMILES string of the molecule is Clc1cccc(Cl)c1CSc1nnc(Nc2ccc(Oc3ccccc3)cc2)s1. The highest BCUT2D eigenvalue weighted by Crippen LogP contribution is 2.34. The van der Waals surface area contributed by atoms with Gasteiger partial charge in [-0.3, -0.25) is 0 Å². The first kappa shape index (κ1) is 20.0. The summed E-state index contributed by atoms with van der Waals surface area (Å²) in [4.78, 5) is 0. The van der Waals surface area contributed by atoms with Crippen molar-refractivity contribution in [3.8, 4) is 11.5 Å². The van der Waals surface area contributed by atoms with E-state index in [-0.39, 0.29) is 0 Å². The summed E-state index contributed by atoms with van der Waals surface area (Å²) in [6.45, 7) is 0. The number of hydrogen-bond donors (Lipinski definition) is 1. The molecule has 1 aromatic heterocycles. The number of ether oxygens (including phenoxy) is 1. The molecule has 0 radical (unpaired) electrons. The highest BCUT2D eigenvalue weighted by molar-refractivity contribution is 8.00. The number of aromatic nitrogens is 2. The lowest BCUT2D eigenvalue weighted by atomic mass is 10.2. The number of halogens is 2. The van der Waals surface area contributed by atoms with E-state index in [4.69, 9.17) is 27.9 Å². The number of thioether (sulfide) groups is 1. The van der Waals surface area contributed by atoms with E-state index in [1.807, 2.05) is 72.8 Å². The van der Waals surface area contributed by atoms with E-state index in [9.17, 15) is 0 Å². The molecule has 4 nitrogen and oxygen atoms in total. The highest BCUT2D eigenvalue weighted by Gasteiger charge is 2.10. The molecule has 0 unspecified atom stereocenters. The Morgan fingerprint density at radius 3 is 2.24 bits per heavy atom. The van der Waals surface area contributed by atoms with Crippen LogP contribution in [0.1, 0.15) is 5.56 Å². The summed E-state index contributed by atoms with van der Waals surface area (Å²) in [6, 6.07) is 22.9. The van der Waals surface area contributed by atoms with Gasteiger partial charge in [0, 0.05) is 21.5 Å². The zero-order valence-corrected chi connectivity index (χ0v) is 18.2. The summed E-state index contributed by atoms with van der Waals surface area (Å²) in [6.07, 6.45) is 0. The second-order valence-corrected chi connectivity index (χ2v) is 8.94. The Balaban J connectivity index is 1.35. The number of anilines is 2. The Hall–Kier alpha value is -2.25. The molecule has 0 atom stereocenters. The van der Waals surface area contributed by atoms with Crippen LogP contribution in [-0.2, 0) is 5.75 Å². The molecule has 0 aliphatic carbocycles. The fraction of sp³-hybridized carbons (Fsp3) is 0.0476. The van der Waals surface area contributed by atoms with Gasteiger partial charge in [0.05, 0.1) is 0 Å². The molecule has 0 bridgehead atoms. The molecule has 0 saturated carbocycles. The van der Waals surface area contributed by atoms with Crippen molar-refractivity contribution in [3.05, 3.63) is 88.4 Å². The minimum Gasteiger partial charge on any atom is -0.457 e. The Morgan fingerprint density at radius 1 is 0.828 bits per heavy atom. The lowest BCUT2D eigenvalue weighted by molar-refractivity contribution is 0.483. The zero-order valence-electron chi connectivity index (χ0n) is 15.0. The molecule has 0 amide bonds. The Bertz CT molecular complexity index is 1070. The van der Waals surface area contributed by atoms with Gasteiger partial charge >= 0.3 is 0 Å². The Labute approximate surface area is 186 Å². The van der Waals surface area contributed by atoms with Gasteiger partial charge in [-0.1, -0.05) is 70.6 Å². The van der Waals surface area contributed by atoms with E-state index in [1.165, 1.54) is 11.3 Å². The van der Waals surface area contributed by atoms with Crippen LogP contribution in [0.5, 0.6) is 11.5 Å². The van der Waals surface area contributed by atoms with Crippen molar-refractivity contribution in [2.75, 3.05) is 5.32 Å². The summed E-state index contributed by atoms with van der Waals surface area (Å²) in [5.41, 5.74) is 1.81. The molecule has 29 heavy (non-hydrogen) atoms. The predicted molar refractivity (Wildman–Crippen MR) is 122 cm³/mol. The van der Waals surface area contributed by atoms with E-state index in [0.717, 1.165) is 32.2 Å². The summed E-state index contributed by atoms with van der Waals surface area (Å²) >= 11 is 15.5. The Morgan fingerprint density at radius 2 is 1.52 bits per heavy atom. The fourth-order valence-corrected chi connectivity index (χ4v) is 4.99. The van der Waals surface area contributed by atoms with E-state index < -0.39 is 0 Å². The summed E-state index contributed by atoms with van der Waals surface area (Å²) < 4.78 is 6.64. The van der Waals surface area contributed by atoms with Gasteiger partial charge in [-0.25, -0.2) is 0 Å². The molecule has 0 fully saturated rings. The third-order valence-corrected chi connectivity index (χ3v) is 6.60. The second kappa shape index (κ2) is 9.50. The van der Waals surface area contributed by atoms with Crippen LogP contribution in [0.4, 0.5) is 10.8 Å². The van der Waals surface area contributed by atoms with E-state index in [2.05, 4.69) is 15.5 Å². The molecule has 4 rings (SSSR count). The Kier molecular flexibility index (Phi) is 6.56. The molecule has 146 valence electrons. The topological polar surface area (TPSA) is 47.0 Å². The molecule has 1 N–H and O–H groups in total. The molecule has 3 aromatic carbocycles. The van der Waals surface area contributed by atoms with E-state index in [0.29, 0.717) is 15.8 Å². The first-order valence-corrected chi connectivity index (χ1v) is 11.2. The monoisotopic (exact) mass is 459 g/mol. The van der Waals surface area contributed by atoms with Gasteiger partial charge in [-0.2, -0.15) is 0 Å². The molecule has 0 spiro atoms. The fourth-order valence-electron chi connectivity index (χ4n) is 2.48. The molecule has 1 heterocycles. The van der Waals surface area contributed by atoms with Gasteiger partial charge in [0.25, 0.3) is 0 Å². The average Bonchev–Trinajstić information content (AvgIpc) is 3.17. The van der Waals surface area contributed by atoms with Crippen LogP contribution in [0.3, 0.4) is 0 Å². The van der Waals surface area contributed by atoms with Crippen LogP contribution in [0.15, 0.2) is 77.1 Å². The molecule has 0 aliphatic rings. The van der Waals surface area contributed by atoms with Gasteiger partial charge in [-0.15, -0.1) is 10.2 Å². The standard InChI is InChI=1S/C21H15Cl2N3OS2/c22-18-7-4-8-19(23)17(18)13-28-21-26-25-20(29-21)24-14-9-11-16(12-10-14)27-15-5-2-1-3-6-15/h1-12H,13H2,(H,24,25). The second-order valence-electron chi connectivity index (χ2n) is 5.93. The number of nitrogens with zero attached hydrogens (tertiary/aromatic N) is 2. The summed E-state index contributed by atoms with van der Waals surface area (Å²) in [5, 5.41) is 13.7. The minimum atomic E-state index is 0.638. The lowest BCUT2D eigenvalue weighted by Gasteiger charge is -2.07. The van der Waals surface area contributed by atoms with E-state index in [1.54, 1.807) is 11.8 Å². The van der Waals surface area contributed by atoms with Crippen LogP contribution in [0.25, 0.3) is 0 Å². The van der Waals surface area contributed by atoms with Crippen LogP contribution in [-0.4, -0.2) is 10.2 Å². The quantitative estimate of drug-likeness (QED) is 0.287. The van der Waals surface area contributed by atoms with Crippen molar-refractivity contribution in [2.45, 2.75) is 10.1 Å². The number of benzene rings is 3. The lowest BCUT2D eigenvalue weighted by Crippen LogP contribution is -1.90. The number of nitrogens with one attached hydrogen (secondary N) is 1. The van der Waals surface area contributed by atoms with Gasteiger partial charge in [0.15, 0.2) is 4.34 Å². The van der Waals surface area contributed by atoms with E-state index >= 15 is 0 Å². The zero-order chi connectivity index (χ0) is 20.1. The predicted octanol–water partition coefficient (Wildman–Crippen LogP) is 7.67. The largest absolute Gasteiger partial charge is 0.457 e. The van der Waals surface area contributed by atoms with Crippen LogP contribution >= 0.6 is 46.3 Å². The third-order valence-electron chi connectivity index (χ3n) is 3.89. The first-order valence-electron chi connectivity index (χ1n) is 8.66. The van der Waals surface area contributed by atoms with Crippen molar-refractivity contribution in [3.63, 3.8) is 0 Å². The normalized spacial score (nSPS) is 10.7. The average molecular weight is 460 g/mol.